The smallest absolute Gasteiger partial charge is 0.407 e. The number of esters is 1. The number of amides is 2. The van der Waals surface area contributed by atoms with E-state index in [4.69, 9.17) is 29.8 Å². The Morgan fingerprint density at radius 2 is 1.43 bits per heavy atom. The van der Waals surface area contributed by atoms with Crippen LogP contribution in [-0.2, 0) is 28.5 Å². The Balaban J connectivity index is 0.000000795. The number of methoxy groups -OCH3 is 1. The first kappa shape index (κ1) is 34.6. The van der Waals surface area contributed by atoms with Crippen LogP contribution in [0.1, 0.15) is 37.6 Å². The van der Waals surface area contributed by atoms with E-state index in [9.17, 15) is 14.4 Å². The fourth-order valence-electron chi connectivity index (χ4n) is 2.33. The van der Waals surface area contributed by atoms with Crippen LogP contribution in [0.5, 0.6) is 0 Å². The first-order valence-corrected chi connectivity index (χ1v) is 12.7. The summed E-state index contributed by atoms with van der Waals surface area (Å²) in [5.41, 5.74) is 5.37. The van der Waals surface area contributed by atoms with Gasteiger partial charge in [0.15, 0.2) is 0 Å². The molecule has 0 aliphatic heterocycles. The third-order valence-electron chi connectivity index (χ3n) is 4.02. The number of hydrogen-bond donors (Lipinski definition) is 4. The van der Waals surface area contributed by atoms with Crippen LogP contribution >= 0.6 is 11.9 Å². The zero-order valence-corrected chi connectivity index (χ0v) is 23.0. The van der Waals surface area contributed by atoms with Crippen LogP contribution in [0.25, 0.3) is 0 Å². The normalized spacial score (nSPS) is 10.6. The lowest BCUT2D eigenvalue weighted by Crippen LogP contribution is -2.33. The number of carbonyl (C=O) groups is 3. The van der Waals surface area contributed by atoms with E-state index in [-0.39, 0.29) is 24.8 Å². The molecule has 6 N–H and O–H groups in total. The highest BCUT2D eigenvalue weighted by atomic mass is 32.2. The second-order valence-electron chi connectivity index (χ2n) is 8.28. The molecule has 2 amide bonds. The molecular weight excluding hydrogens is 504 g/mol. The number of nitrogens with two attached hydrogens (primary N) is 2. The molecule has 0 aliphatic carbocycles. The van der Waals surface area contributed by atoms with Crippen molar-refractivity contribution in [2.24, 2.45) is 10.9 Å². The summed E-state index contributed by atoms with van der Waals surface area (Å²) >= 11 is 1.15. The van der Waals surface area contributed by atoms with E-state index in [2.05, 4.69) is 15.4 Å². The lowest BCUT2D eigenvalue weighted by Gasteiger charge is -2.19. The van der Waals surface area contributed by atoms with Gasteiger partial charge in [-0.3, -0.25) is 14.7 Å². The van der Waals surface area contributed by atoms with Crippen molar-refractivity contribution in [2.75, 3.05) is 66.4 Å². The third-order valence-corrected chi connectivity index (χ3v) is 4.56. The molecule has 0 saturated carbocycles. The molecule has 212 valence electrons. The summed E-state index contributed by atoms with van der Waals surface area (Å²) in [6.45, 7) is 9.53. The standard InChI is InChI=1S/C15H25N3O4S.C9H17NO4/c16-5-7-20-9-11-22-12-10-21-8-6-18-15(19)13-1-3-14(23-17)4-2-13;1-9(2,3)14-8(12)10-6-5-7(11)13-4/h1-4H,5-12,16-17H2,(H,18,19);5-6H2,1-4H3,(H,10,12). The molecule has 0 aromatic heterocycles. The molecule has 13 heteroatoms. The number of rotatable bonds is 16. The van der Waals surface area contributed by atoms with Crippen molar-refractivity contribution in [3.05, 3.63) is 29.8 Å². The monoisotopic (exact) mass is 546 g/mol. The van der Waals surface area contributed by atoms with Gasteiger partial charge in [-0.25, -0.2) is 4.79 Å². The van der Waals surface area contributed by atoms with E-state index in [0.717, 1.165) is 16.8 Å². The molecule has 0 fully saturated rings. The summed E-state index contributed by atoms with van der Waals surface area (Å²) < 4.78 is 25.2. The molecule has 0 atom stereocenters. The van der Waals surface area contributed by atoms with Crippen LogP contribution in [0, 0.1) is 0 Å². The van der Waals surface area contributed by atoms with E-state index in [1.165, 1.54) is 7.11 Å². The predicted octanol–water partition coefficient (Wildman–Crippen LogP) is 1.46. The van der Waals surface area contributed by atoms with Gasteiger partial charge in [-0.05, 0) is 57.0 Å². The number of nitrogens with one attached hydrogen (secondary N) is 2. The van der Waals surface area contributed by atoms with Crippen LogP contribution in [0.15, 0.2) is 29.2 Å². The van der Waals surface area contributed by atoms with E-state index in [0.29, 0.717) is 58.3 Å². The Morgan fingerprint density at radius 3 is 1.95 bits per heavy atom. The van der Waals surface area contributed by atoms with Crippen molar-refractivity contribution in [3.8, 4) is 0 Å². The highest BCUT2D eigenvalue weighted by Gasteiger charge is 2.15. The van der Waals surface area contributed by atoms with Crippen molar-refractivity contribution in [3.63, 3.8) is 0 Å². The van der Waals surface area contributed by atoms with Crippen LogP contribution in [-0.4, -0.2) is 90.0 Å². The molecule has 0 heterocycles. The second-order valence-corrected chi connectivity index (χ2v) is 8.99. The number of hydrogen-bond acceptors (Lipinski definition) is 11. The van der Waals surface area contributed by atoms with Gasteiger partial charge in [0.05, 0.1) is 53.2 Å². The topological polar surface area (TPSA) is 173 Å². The molecule has 0 saturated heterocycles. The fraction of sp³-hybridized carbons (Fsp3) is 0.625. The largest absolute Gasteiger partial charge is 0.469 e. The minimum absolute atomic E-state index is 0.129. The fourth-order valence-corrected chi connectivity index (χ4v) is 2.62. The van der Waals surface area contributed by atoms with Crippen molar-refractivity contribution >= 4 is 29.9 Å². The number of benzene rings is 1. The molecule has 1 rings (SSSR count). The van der Waals surface area contributed by atoms with Crippen LogP contribution < -0.4 is 21.5 Å². The van der Waals surface area contributed by atoms with Gasteiger partial charge in [0.2, 0.25) is 0 Å². The molecule has 0 unspecified atom stereocenters. The van der Waals surface area contributed by atoms with Crippen LogP contribution in [0.3, 0.4) is 0 Å². The average molecular weight is 547 g/mol. The Bertz CT molecular complexity index is 760. The van der Waals surface area contributed by atoms with Crippen molar-refractivity contribution in [1.29, 1.82) is 0 Å². The van der Waals surface area contributed by atoms with E-state index in [1.54, 1.807) is 32.9 Å². The SMILES string of the molecule is COC(=O)CCNC(=O)OC(C)(C)C.NCCOCCOCCOCCNC(=O)c1ccc(SN)cc1. The van der Waals surface area contributed by atoms with Crippen molar-refractivity contribution in [1.82, 2.24) is 10.6 Å². The summed E-state index contributed by atoms with van der Waals surface area (Å²) in [6, 6.07) is 7.10. The molecule has 0 radical (unpaired) electrons. The van der Waals surface area contributed by atoms with Gasteiger partial charge in [0.25, 0.3) is 5.91 Å². The first-order valence-electron chi connectivity index (χ1n) is 11.8. The third kappa shape index (κ3) is 21.4. The Morgan fingerprint density at radius 1 is 0.865 bits per heavy atom. The van der Waals surface area contributed by atoms with E-state index < -0.39 is 11.7 Å². The highest BCUT2D eigenvalue weighted by Crippen LogP contribution is 2.12. The summed E-state index contributed by atoms with van der Waals surface area (Å²) in [5, 5.41) is 10.7. The molecule has 0 bridgehead atoms. The zero-order valence-electron chi connectivity index (χ0n) is 22.2. The maximum atomic E-state index is 11.9. The highest BCUT2D eigenvalue weighted by molar-refractivity contribution is 7.97. The van der Waals surface area contributed by atoms with Gasteiger partial charge in [0, 0.05) is 30.1 Å². The number of carbonyl (C=O) groups excluding carboxylic acids is 3. The molecule has 37 heavy (non-hydrogen) atoms. The Hall–Kier alpha value is -2.42. The Kier molecular flexibility index (Phi) is 20.2. The molecule has 0 spiro atoms. The van der Waals surface area contributed by atoms with Gasteiger partial charge in [0.1, 0.15) is 5.60 Å². The predicted molar refractivity (Wildman–Crippen MR) is 141 cm³/mol. The molecule has 12 nitrogen and oxygen atoms in total. The average Bonchev–Trinajstić information content (AvgIpc) is 2.86. The number of alkyl carbamates (subject to hydrolysis) is 1. The maximum absolute atomic E-state index is 11.9. The first-order chi connectivity index (χ1) is 17.6. The minimum Gasteiger partial charge on any atom is -0.469 e. The second kappa shape index (κ2) is 21.6. The van der Waals surface area contributed by atoms with Crippen LogP contribution in [0.4, 0.5) is 4.79 Å². The van der Waals surface area contributed by atoms with Gasteiger partial charge in [-0.1, -0.05) is 0 Å². The minimum atomic E-state index is -0.526. The molecule has 1 aromatic carbocycles. The van der Waals surface area contributed by atoms with E-state index in [1.807, 2.05) is 12.1 Å². The van der Waals surface area contributed by atoms with E-state index >= 15 is 0 Å². The lowest BCUT2D eigenvalue weighted by atomic mass is 10.2. The van der Waals surface area contributed by atoms with Crippen LogP contribution in [0.2, 0.25) is 0 Å². The van der Waals surface area contributed by atoms with Gasteiger partial charge >= 0.3 is 12.1 Å². The lowest BCUT2D eigenvalue weighted by molar-refractivity contribution is -0.140. The zero-order chi connectivity index (χ0) is 27.9. The van der Waals surface area contributed by atoms with Crippen molar-refractivity contribution < 1.29 is 38.1 Å². The molecule has 1 aromatic rings. The summed E-state index contributed by atoms with van der Waals surface area (Å²) in [6.07, 6.45) is -0.378. The maximum Gasteiger partial charge on any atom is 0.407 e. The molecule has 0 aliphatic rings. The number of ether oxygens (including phenoxy) is 5. The van der Waals surface area contributed by atoms with Gasteiger partial charge in [-0.15, -0.1) is 0 Å². The molecular formula is C24H42N4O8S. The van der Waals surface area contributed by atoms with Crippen molar-refractivity contribution in [2.45, 2.75) is 37.7 Å². The van der Waals surface area contributed by atoms with Gasteiger partial charge < -0.3 is 40.1 Å². The summed E-state index contributed by atoms with van der Waals surface area (Å²) in [7, 11) is 1.30. The Labute approximate surface area is 223 Å². The van der Waals surface area contributed by atoms with Gasteiger partial charge in [-0.2, -0.15) is 0 Å². The summed E-state index contributed by atoms with van der Waals surface area (Å²) in [5.74, 6) is -0.489. The summed E-state index contributed by atoms with van der Waals surface area (Å²) in [4.78, 5) is 34.5. The quantitative estimate of drug-likeness (QED) is 0.134.